The standard InChI is InChI=1S/C18H18ClN3O3S/c1-2-11-25-15-6-4-3-5-14(15)17(24)21-22-18(26)20-16(23)12-7-9-13(19)10-8-12/h3-10H,2,11H2,1H3,(H,21,24)(H2,20,22,23,26). The Kier molecular flexibility index (Phi) is 7.37. The van der Waals surface area contributed by atoms with Gasteiger partial charge in [-0.15, -0.1) is 0 Å². The lowest BCUT2D eigenvalue weighted by atomic mass is 10.2. The van der Waals surface area contributed by atoms with E-state index in [1.165, 1.54) is 0 Å². The first kappa shape index (κ1) is 19.7. The first-order chi connectivity index (χ1) is 12.5. The van der Waals surface area contributed by atoms with Crippen LogP contribution in [-0.2, 0) is 0 Å². The molecule has 0 fully saturated rings. The number of hydrogen-bond acceptors (Lipinski definition) is 4. The van der Waals surface area contributed by atoms with Gasteiger partial charge in [0.15, 0.2) is 5.11 Å². The number of benzene rings is 2. The van der Waals surface area contributed by atoms with Gasteiger partial charge in [-0.1, -0.05) is 30.7 Å². The zero-order valence-electron chi connectivity index (χ0n) is 14.0. The number of carbonyl (C=O) groups is 2. The molecule has 0 aliphatic heterocycles. The van der Waals surface area contributed by atoms with Gasteiger partial charge in [-0.3, -0.25) is 25.8 Å². The normalized spacial score (nSPS) is 9.92. The molecule has 2 aromatic carbocycles. The van der Waals surface area contributed by atoms with E-state index in [1.807, 2.05) is 6.92 Å². The van der Waals surface area contributed by atoms with Crippen LogP contribution < -0.4 is 20.9 Å². The van der Waals surface area contributed by atoms with Gasteiger partial charge in [0, 0.05) is 10.6 Å². The molecule has 0 saturated heterocycles. The monoisotopic (exact) mass is 391 g/mol. The second kappa shape index (κ2) is 9.74. The molecular formula is C18H18ClN3O3S. The van der Waals surface area contributed by atoms with Crippen LogP contribution in [0.25, 0.3) is 0 Å². The maximum Gasteiger partial charge on any atom is 0.273 e. The fraction of sp³-hybridized carbons (Fsp3) is 0.167. The average Bonchev–Trinajstić information content (AvgIpc) is 2.65. The van der Waals surface area contributed by atoms with Gasteiger partial charge in [0.1, 0.15) is 5.75 Å². The molecule has 8 heteroatoms. The van der Waals surface area contributed by atoms with Crippen molar-refractivity contribution in [1.82, 2.24) is 16.2 Å². The topological polar surface area (TPSA) is 79.5 Å². The third-order valence-electron chi connectivity index (χ3n) is 3.22. The van der Waals surface area contributed by atoms with Crippen molar-refractivity contribution in [3.63, 3.8) is 0 Å². The lowest BCUT2D eigenvalue weighted by Crippen LogP contribution is -2.48. The van der Waals surface area contributed by atoms with Gasteiger partial charge in [-0.2, -0.15) is 0 Å². The van der Waals surface area contributed by atoms with E-state index in [0.717, 1.165) is 6.42 Å². The molecule has 3 N–H and O–H groups in total. The highest BCUT2D eigenvalue weighted by atomic mass is 35.5. The number of ether oxygens (including phenoxy) is 1. The molecule has 0 heterocycles. The molecular weight excluding hydrogens is 374 g/mol. The van der Waals surface area contributed by atoms with Crippen LogP contribution in [0.15, 0.2) is 48.5 Å². The van der Waals surface area contributed by atoms with Crippen molar-refractivity contribution in [3.05, 3.63) is 64.7 Å². The Hall–Kier alpha value is -2.64. The molecule has 0 spiro atoms. The zero-order chi connectivity index (χ0) is 18.9. The van der Waals surface area contributed by atoms with E-state index in [0.29, 0.717) is 28.5 Å². The number of para-hydroxylation sites is 1. The van der Waals surface area contributed by atoms with Gasteiger partial charge in [-0.05, 0) is 55.0 Å². The van der Waals surface area contributed by atoms with Gasteiger partial charge < -0.3 is 4.74 Å². The molecule has 0 aromatic heterocycles. The van der Waals surface area contributed by atoms with E-state index in [4.69, 9.17) is 28.6 Å². The molecule has 0 unspecified atom stereocenters. The second-order valence-corrected chi connectivity index (χ2v) is 6.06. The van der Waals surface area contributed by atoms with Gasteiger partial charge in [0.25, 0.3) is 11.8 Å². The fourth-order valence-corrected chi connectivity index (χ4v) is 2.25. The lowest BCUT2D eigenvalue weighted by Gasteiger charge is -2.13. The van der Waals surface area contributed by atoms with Gasteiger partial charge in [-0.25, -0.2) is 0 Å². The van der Waals surface area contributed by atoms with Crippen LogP contribution in [0.5, 0.6) is 5.75 Å². The van der Waals surface area contributed by atoms with Crippen LogP contribution in [0.3, 0.4) is 0 Å². The Labute approximate surface area is 161 Å². The summed E-state index contributed by atoms with van der Waals surface area (Å²) in [6.45, 7) is 2.49. The Morgan fingerprint density at radius 1 is 1.04 bits per heavy atom. The molecule has 2 amide bonds. The van der Waals surface area contributed by atoms with Crippen LogP contribution >= 0.6 is 23.8 Å². The highest BCUT2D eigenvalue weighted by Gasteiger charge is 2.13. The number of halogens is 1. The van der Waals surface area contributed by atoms with Crippen molar-refractivity contribution in [3.8, 4) is 5.75 Å². The van der Waals surface area contributed by atoms with E-state index in [1.54, 1.807) is 48.5 Å². The summed E-state index contributed by atoms with van der Waals surface area (Å²) < 4.78 is 5.54. The van der Waals surface area contributed by atoms with Crippen molar-refractivity contribution < 1.29 is 14.3 Å². The molecule has 0 aliphatic rings. The maximum atomic E-state index is 12.3. The highest BCUT2D eigenvalue weighted by molar-refractivity contribution is 7.80. The Morgan fingerprint density at radius 3 is 2.42 bits per heavy atom. The number of hydrazine groups is 1. The van der Waals surface area contributed by atoms with E-state index in [9.17, 15) is 9.59 Å². The molecule has 0 radical (unpaired) electrons. The van der Waals surface area contributed by atoms with Crippen LogP contribution in [0.2, 0.25) is 5.02 Å². The molecule has 0 aliphatic carbocycles. The smallest absolute Gasteiger partial charge is 0.273 e. The predicted octanol–water partition coefficient (Wildman–Crippen LogP) is 3.08. The van der Waals surface area contributed by atoms with Crippen molar-refractivity contribution in [2.24, 2.45) is 0 Å². The van der Waals surface area contributed by atoms with Crippen LogP contribution in [0.4, 0.5) is 0 Å². The summed E-state index contributed by atoms with van der Waals surface area (Å²) in [5, 5.41) is 2.95. The summed E-state index contributed by atoms with van der Waals surface area (Å²) in [4.78, 5) is 24.3. The van der Waals surface area contributed by atoms with Crippen LogP contribution in [-0.4, -0.2) is 23.5 Å². The number of rotatable bonds is 5. The number of carbonyl (C=O) groups excluding carboxylic acids is 2. The van der Waals surface area contributed by atoms with Crippen LogP contribution in [0.1, 0.15) is 34.1 Å². The number of amides is 2. The SMILES string of the molecule is CCCOc1ccccc1C(=O)NNC(=S)NC(=O)c1ccc(Cl)cc1. The first-order valence-electron chi connectivity index (χ1n) is 7.90. The van der Waals surface area contributed by atoms with E-state index in [2.05, 4.69) is 16.2 Å². The summed E-state index contributed by atoms with van der Waals surface area (Å²) in [5.74, 6) is -0.371. The summed E-state index contributed by atoms with van der Waals surface area (Å²) >= 11 is 10.8. The number of nitrogens with one attached hydrogen (secondary N) is 3. The largest absolute Gasteiger partial charge is 0.493 e. The summed E-state index contributed by atoms with van der Waals surface area (Å²) in [6.07, 6.45) is 0.828. The quantitative estimate of drug-likeness (QED) is 0.539. The molecule has 0 atom stereocenters. The second-order valence-electron chi connectivity index (χ2n) is 5.21. The molecule has 2 aromatic rings. The summed E-state index contributed by atoms with van der Waals surface area (Å²) in [7, 11) is 0. The molecule has 2 rings (SSSR count). The van der Waals surface area contributed by atoms with Crippen molar-refractivity contribution >= 4 is 40.7 Å². The van der Waals surface area contributed by atoms with Crippen molar-refractivity contribution in [2.45, 2.75) is 13.3 Å². The number of thiocarbonyl (C=S) groups is 1. The lowest BCUT2D eigenvalue weighted by molar-refractivity contribution is 0.0931. The van der Waals surface area contributed by atoms with Gasteiger partial charge >= 0.3 is 0 Å². The third kappa shape index (κ3) is 5.72. The summed E-state index contributed by atoms with van der Waals surface area (Å²) in [6, 6.07) is 13.2. The summed E-state index contributed by atoms with van der Waals surface area (Å²) in [5.41, 5.74) is 5.68. The minimum absolute atomic E-state index is 0.0368. The van der Waals surface area contributed by atoms with Crippen molar-refractivity contribution in [1.29, 1.82) is 0 Å². The zero-order valence-corrected chi connectivity index (χ0v) is 15.6. The number of hydrogen-bond donors (Lipinski definition) is 3. The minimum atomic E-state index is -0.431. The van der Waals surface area contributed by atoms with E-state index < -0.39 is 11.8 Å². The Morgan fingerprint density at radius 2 is 1.73 bits per heavy atom. The minimum Gasteiger partial charge on any atom is -0.493 e. The van der Waals surface area contributed by atoms with Crippen LogP contribution in [0, 0.1) is 0 Å². The Bertz CT molecular complexity index is 797. The molecule has 6 nitrogen and oxygen atoms in total. The Balaban J connectivity index is 1.90. The van der Waals surface area contributed by atoms with E-state index in [-0.39, 0.29) is 5.11 Å². The molecule has 0 saturated carbocycles. The van der Waals surface area contributed by atoms with Gasteiger partial charge in [0.2, 0.25) is 0 Å². The first-order valence-corrected chi connectivity index (χ1v) is 8.69. The maximum absolute atomic E-state index is 12.3. The van der Waals surface area contributed by atoms with Crippen molar-refractivity contribution in [2.75, 3.05) is 6.61 Å². The molecule has 0 bridgehead atoms. The predicted molar refractivity (Wildman–Crippen MR) is 104 cm³/mol. The molecule has 136 valence electrons. The van der Waals surface area contributed by atoms with Gasteiger partial charge in [0.05, 0.1) is 12.2 Å². The third-order valence-corrected chi connectivity index (χ3v) is 3.67. The highest BCUT2D eigenvalue weighted by Crippen LogP contribution is 2.17. The van der Waals surface area contributed by atoms with E-state index >= 15 is 0 Å². The average molecular weight is 392 g/mol. The molecule has 26 heavy (non-hydrogen) atoms. The fourth-order valence-electron chi connectivity index (χ4n) is 1.98.